The highest BCUT2D eigenvalue weighted by Crippen LogP contribution is 2.42. The van der Waals surface area contributed by atoms with E-state index in [1.54, 1.807) is 0 Å². The number of amides is 1. The summed E-state index contributed by atoms with van der Waals surface area (Å²) in [5, 5.41) is 19.8. The van der Waals surface area contributed by atoms with Crippen LogP contribution in [0.4, 0.5) is 0 Å². The number of hydrogen-bond donors (Lipinski definition) is 4. The highest BCUT2D eigenvalue weighted by atomic mass is 31.2. The quantitative estimate of drug-likeness (QED) is 0.203. The molecule has 0 aromatic rings. The van der Waals surface area contributed by atoms with Crippen LogP contribution in [0.15, 0.2) is 0 Å². The van der Waals surface area contributed by atoms with Gasteiger partial charge < -0.3 is 25.2 Å². The van der Waals surface area contributed by atoms with Gasteiger partial charge in [0.25, 0.3) is 0 Å². The van der Waals surface area contributed by atoms with Crippen molar-refractivity contribution in [2.45, 2.75) is 25.4 Å². The summed E-state index contributed by atoms with van der Waals surface area (Å²) in [6, 6.07) is 0. The fraction of sp³-hybridized carbons (Fsp3) is 0.800. The predicted octanol–water partition coefficient (Wildman–Crippen LogP) is -1.04. The molecular formula is C10H20NO8P. The number of phosphoric acid groups is 1. The number of nitrogens with one attached hydrogen (secondary N) is 1. The van der Waals surface area contributed by atoms with Gasteiger partial charge in [0.1, 0.15) is 12.4 Å². The number of carbonyl (C=O) groups is 2. The Morgan fingerprint density at radius 2 is 2.10 bits per heavy atom. The molecule has 0 aliphatic rings. The van der Waals surface area contributed by atoms with Gasteiger partial charge in [0.2, 0.25) is 5.91 Å². The standard InChI is InChI=1S/C10H20NO8P/c12-5-2-1-3-10(15)11-4-6-18-20(16,17)19-8-9(14)7-13/h5,9,13-14H,1-4,6-8H2,(H,11,15)(H,16,17). The van der Waals surface area contributed by atoms with Crippen molar-refractivity contribution in [2.24, 2.45) is 0 Å². The fourth-order valence-electron chi connectivity index (χ4n) is 1.06. The lowest BCUT2D eigenvalue weighted by atomic mass is 10.2. The average molecular weight is 313 g/mol. The Kier molecular flexibility index (Phi) is 10.4. The molecule has 0 saturated heterocycles. The van der Waals surface area contributed by atoms with E-state index in [0.29, 0.717) is 12.8 Å². The molecule has 0 aromatic carbocycles. The van der Waals surface area contributed by atoms with Crippen molar-refractivity contribution in [3.05, 3.63) is 0 Å². The first-order valence-electron chi connectivity index (χ1n) is 6.02. The van der Waals surface area contributed by atoms with Gasteiger partial charge in [-0.25, -0.2) is 4.57 Å². The molecular weight excluding hydrogens is 293 g/mol. The maximum absolute atomic E-state index is 11.3. The van der Waals surface area contributed by atoms with E-state index in [9.17, 15) is 14.2 Å². The van der Waals surface area contributed by atoms with Gasteiger partial charge in [-0.1, -0.05) is 0 Å². The van der Waals surface area contributed by atoms with Crippen LogP contribution < -0.4 is 5.32 Å². The minimum Gasteiger partial charge on any atom is -0.394 e. The van der Waals surface area contributed by atoms with Gasteiger partial charge in [-0.15, -0.1) is 0 Å². The zero-order chi connectivity index (χ0) is 15.4. The van der Waals surface area contributed by atoms with E-state index in [1.807, 2.05) is 0 Å². The summed E-state index contributed by atoms with van der Waals surface area (Å²) in [7, 11) is -4.31. The molecule has 1 amide bonds. The maximum atomic E-state index is 11.3. The normalized spacial score (nSPS) is 15.3. The summed E-state index contributed by atoms with van der Waals surface area (Å²) in [6.45, 7) is -1.38. The summed E-state index contributed by atoms with van der Waals surface area (Å²) in [4.78, 5) is 30.4. The van der Waals surface area contributed by atoms with Crippen LogP contribution in [-0.4, -0.2) is 59.8 Å². The van der Waals surface area contributed by atoms with Gasteiger partial charge in [0, 0.05) is 19.4 Å². The zero-order valence-corrected chi connectivity index (χ0v) is 11.8. The number of unbranched alkanes of at least 4 members (excludes halogenated alkanes) is 1. The molecule has 0 heterocycles. The maximum Gasteiger partial charge on any atom is 0.472 e. The van der Waals surface area contributed by atoms with E-state index in [1.165, 1.54) is 0 Å². The van der Waals surface area contributed by atoms with Crippen molar-refractivity contribution in [3.63, 3.8) is 0 Å². The number of rotatable bonds is 12. The smallest absolute Gasteiger partial charge is 0.394 e. The molecule has 0 fully saturated rings. The van der Waals surface area contributed by atoms with Gasteiger partial charge in [-0.3, -0.25) is 13.8 Å². The molecule has 9 nitrogen and oxygen atoms in total. The fourth-order valence-corrected chi connectivity index (χ4v) is 1.81. The van der Waals surface area contributed by atoms with E-state index >= 15 is 0 Å². The molecule has 0 aliphatic heterocycles. The molecule has 0 rings (SSSR count). The second-order valence-corrected chi connectivity index (χ2v) is 5.30. The van der Waals surface area contributed by atoms with Gasteiger partial charge in [-0.2, -0.15) is 0 Å². The molecule has 118 valence electrons. The molecule has 0 aromatic heterocycles. The van der Waals surface area contributed by atoms with Crippen LogP contribution in [0.5, 0.6) is 0 Å². The summed E-state index contributed by atoms with van der Waals surface area (Å²) in [5.74, 6) is -0.292. The highest BCUT2D eigenvalue weighted by molar-refractivity contribution is 7.47. The molecule has 10 heteroatoms. The lowest BCUT2D eigenvalue weighted by Crippen LogP contribution is -2.27. The van der Waals surface area contributed by atoms with Gasteiger partial charge in [-0.05, 0) is 6.42 Å². The lowest BCUT2D eigenvalue weighted by molar-refractivity contribution is -0.121. The SMILES string of the molecule is O=CCCCC(=O)NCCOP(=O)(O)OCC(O)CO. The first-order valence-corrected chi connectivity index (χ1v) is 7.52. The zero-order valence-electron chi connectivity index (χ0n) is 10.9. The Balaban J connectivity index is 3.68. The van der Waals surface area contributed by atoms with Crippen molar-refractivity contribution in [3.8, 4) is 0 Å². The molecule has 0 aliphatic carbocycles. The van der Waals surface area contributed by atoms with E-state index < -0.39 is 27.1 Å². The van der Waals surface area contributed by atoms with Crippen LogP contribution in [0.2, 0.25) is 0 Å². The molecule has 0 radical (unpaired) electrons. The van der Waals surface area contributed by atoms with Crippen molar-refractivity contribution >= 4 is 20.0 Å². The molecule has 4 N–H and O–H groups in total. The third-order valence-corrected chi connectivity index (χ3v) is 3.03. The van der Waals surface area contributed by atoms with E-state index in [-0.39, 0.29) is 25.5 Å². The van der Waals surface area contributed by atoms with Gasteiger partial charge in [0.05, 0.1) is 19.8 Å². The van der Waals surface area contributed by atoms with E-state index in [2.05, 4.69) is 14.4 Å². The number of aliphatic hydroxyl groups excluding tert-OH is 2. The molecule has 0 bridgehead atoms. The molecule has 20 heavy (non-hydrogen) atoms. The van der Waals surface area contributed by atoms with Gasteiger partial charge >= 0.3 is 7.82 Å². The van der Waals surface area contributed by atoms with Gasteiger partial charge in [0.15, 0.2) is 0 Å². The van der Waals surface area contributed by atoms with Crippen LogP contribution in [0.3, 0.4) is 0 Å². The van der Waals surface area contributed by atoms with Crippen molar-refractivity contribution in [2.75, 3.05) is 26.4 Å². The number of phosphoric ester groups is 1. The second kappa shape index (κ2) is 10.9. The topological polar surface area (TPSA) is 142 Å². The summed E-state index contributed by atoms with van der Waals surface area (Å²) >= 11 is 0. The van der Waals surface area contributed by atoms with Crippen LogP contribution in [-0.2, 0) is 23.2 Å². The van der Waals surface area contributed by atoms with E-state index in [0.717, 1.165) is 6.29 Å². The lowest BCUT2D eigenvalue weighted by Gasteiger charge is -2.14. The third kappa shape index (κ3) is 11.0. The van der Waals surface area contributed by atoms with E-state index in [4.69, 9.17) is 15.1 Å². The first-order chi connectivity index (χ1) is 9.41. The number of aliphatic hydroxyl groups is 2. The van der Waals surface area contributed by atoms with Crippen molar-refractivity contribution in [1.82, 2.24) is 5.32 Å². The number of hydrogen-bond acceptors (Lipinski definition) is 7. The van der Waals surface area contributed by atoms with Crippen LogP contribution in [0.1, 0.15) is 19.3 Å². The number of aldehydes is 1. The minimum atomic E-state index is -4.31. The Labute approximate surface area is 116 Å². The first kappa shape index (κ1) is 19.2. The van der Waals surface area contributed by atoms with Crippen molar-refractivity contribution in [1.29, 1.82) is 0 Å². The minimum absolute atomic E-state index is 0.0103. The molecule has 2 unspecified atom stereocenters. The average Bonchev–Trinajstić information content (AvgIpc) is 2.41. The molecule has 2 atom stereocenters. The van der Waals surface area contributed by atoms with Crippen LogP contribution >= 0.6 is 7.82 Å². The second-order valence-electron chi connectivity index (χ2n) is 3.84. The van der Waals surface area contributed by atoms with Crippen molar-refractivity contribution < 1.29 is 38.3 Å². The van der Waals surface area contributed by atoms with Crippen LogP contribution in [0.25, 0.3) is 0 Å². The summed E-state index contributed by atoms with van der Waals surface area (Å²) in [5.41, 5.74) is 0. The molecule has 0 spiro atoms. The third-order valence-electron chi connectivity index (χ3n) is 2.05. The Hall–Kier alpha value is -0.830. The Bertz CT molecular complexity index is 337. The Morgan fingerprint density at radius 3 is 2.70 bits per heavy atom. The molecule has 0 saturated carbocycles. The Morgan fingerprint density at radius 1 is 1.40 bits per heavy atom. The summed E-state index contributed by atoms with van der Waals surface area (Å²) in [6.07, 6.45) is 0.385. The number of carbonyl (C=O) groups excluding carboxylic acids is 2. The van der Waals surface area contributed by atoms with Crippen LogP contribution in [0, 0.1) is 0 Å². The predicted molar refractivity (Wildman–Crippen MR) is 67.7 cm³/mol. The monoisotopic (exact) mass is 313 g/mol. The summed E-state index contributed by atoms with van der Waals surface area (Å²) < 4.78 is 20.2. The largest absolute Gasteiger partial charge is 0.472 e. The highest BCUT2D eigenvalue weighted by Gasteiger charge is 2.22.